The van der Waals surface area contributed by atoms with Crippen LogP contribution < -0.4 is 11.1 Å². The van der Waals surface area contributed by atoms with Gasteiger partial charge in [0.1, 0.15) is 6.04 Å². The molecule has 1 aliphatic heterocycles. The molecule has 1 unspecified atom stereocenters. The van der Waals surface area contributed by atoms with Gasteiger partial charge in [-0.1, -0.05) is 0 Å². The molecule has 1 aliphatic rings. The number of nitrogens with one attached hydrogen (secondary N) is 1. The van der Waals surface area contributed by atoms with E-state index >= 15 is 0 Å². The number of rotatable bonds is 3. The van der Waals surface area contributed by atoms with Crippen LogP contribution in [-0.4, -0.2) is 67.9 Å². The smallest absolute Gasteiger partial charge is 0.241 e. The summed E-state index contributed by atoms with van der Waals surface area (Å²) >= 11 is 0. The van der Waals surface area contributed by atoms with Crippen LogP contribution in [0.2, 0.25) is 0 Å². The standard InChI is InChI=1S/C9H18N4O2/c1-12(2)6-8(14)13-4-3-11-5-7(13)9(10)15/h7,11H,3-6H2,1-2H3,(H2,10,15). The number of piperazine rings is 1. The highest BCUT2D eigenvalue weighted by molar-refractivity contribution is 5.87. The van der Waals surface area contributed by atoms with Gasteiger partial charge in [0.05, 0.1) is 6.54 Å². The molecule has 86 valence electrons. The van der Waals surface area contributed by atoms with Crippen molar-refractivity contribution in [1.29, 1.82) is 0 Å². The molecule has 2 amide bonds. The maximum Gasteiger partial charge on any atom is 0.241 e. The van der Waals surface area contributed by atoms with E-state index in [9.17, 15) is 9.59 Å². The largest absolute Gasteiger partial charge is 0.368 e. The van der Waals surface area contributed by atoms with Gasteiger partial charge in [-0.3, -0.25) is 9.59 Å². The maximum absolute atomic E-state index is 11.8. The zero-order chi connectivity index (χ0) is 11.4. The monoisotopic (exact) mass is 214 g/mol. The van der Waals surface area contributed by atoms with Gasteiger partial charge in [-0.2, -0.15) is 0 Å². The van der Waals surface area contributed by atoms with Crippen LogP contribution in [-0.2, 0) is 9.59 Å². The molecule has 1 saturated heterocycles. The van der Waals surface area contributed by atoms with E-state index in [1.54, 1.807) is 9.80 Å². The van der Waals surface area contributed by atoms with Gasteiger partial charge < -0.3 is 20.9 Å². The third-order valence-corrected chi connectivity index (χ3v) is 2.34. The predicted molar refractivity (Wildman–Crippen MR) is 56.1 cm³/mol. The van der Waals surface area contributed by atoms with Crippen molar-refractivity contribution in [3.63, 3.8) is 0 Å². The Kier molecular flexibility index (Phi) is 4.05. The lowest BCUT2D eigenvalue weighted by Crippen LogP contribution is -2.59. The van der Waals surface area contributed by atoms with Gasteiger partial charge in [0.25, 0.3) is 0 Å². The minimum absolute atomic E-state index is 0.0506. The second-order valence-corrected chi connectivity index (χ2v) is 3.95. The highest BCUT2D eigenvalue weighted by atomic mass is 16.2. The summed E-state index contributed by atoms with van der Waals surface area (Å²) in [5.74, 6) is -0.500. The lowest BCUT2D eigenvalue weighted by Gasteiger charge is -2.34. The predicted octanol–water partition coefficient (Wildman–Crippen LogP) is -2.17. The minimum Gasteiger partial charge on any atom is -0.368 e. The van der Waals surface area contributed by atoms with Crippen LogP contribution in [0.3, 0.4) is 0 Å². The number of primary amides is 1. The van der Waals surface area contributed by atoms with Crippen LogP contribution in [0, 0.1) is 0 Å². The number of nitrogens with zero attached hydrogens (tertiary/aromatic N) is 2. The summed E-state index contributed by atoms with van der Waals surface area (Å²) in [5, 5.41) is 3.05. The molecule has 6 nitrogen and oxygen atoms in total. The molecule has 0 spiro atoms. The van der Waals surface area contributed by atoms with Gasteiger partial charge in [-0.15, -0.1) is 0 Å². The normalized spacial score (nSPS) is 21.8. The molecule has 1 heterocycles. The Morgan fingerprint density at radius 1 is 1.53 bits per heavy atom. The molecule has 1 atom stereocenters. The summed E-state index contributed by atoms with van der Waals surface area (Å²) in [6.45, 7) is 2.02. The zero-order valence-corrected chi connectivity index (χ0v) is 9.19. The van der Waals surface area contributed by atoms with Crippen molar-refractivity contribution in [3.05, 3.63) is 0 Å². The second-order valence-electron chi connectivity index (χ2n) is 3.95. The third-order valence-electron chi connectivity index (χ3n) is 2.34. The lowest BCUT2D eigenvalue weighted by atomic mass is 10.2. The van der Waals surface area contributed by atoms with E-state index in [0.717, 1.165) is 0 Å². The number of carbonyl (C=O) groups excluding carboxylic acids is 2. The summed E-state index contributed by atoms with van der Waals surface area (Å²) in [5.41, 5.74) is 5.24. The molecule has 0 radical (unpaired) electrons. The van der Waals surface area contributed by atoms with Gasteiger partial charge in [0.15, 0.2) is 0 Å². The van der Waals surface area contributed by atoms with Crippen molar-refractivity contribution >= 4 is 11.8 Å². The molecule has 0 aromatic carbocycles. The lowest BCUT2D eigenvalue weighted by molar-refractivity contribution is -0.140. The second kappa shape index (κ2) is 5.09. The Labute approximate surface area is 89.4 Å². The van der Waals surface area contributed by atoms with Gasteiger partial charge >= 0.3 is 0 Å². The summed E-state index contributed by atoms with van der Waals surface area (Å²) in [6, 6.07) is -0.508. The summed E-state index contributed by atoms with van der Waals surface area (Å²) in [4.78, 5) is 26.2. The number of amides is 2. The summed E-state index contributed by atoms with van der Waals surface area (Å²) in [7, 11) is 3.64. The molecule has 0 aliphatic carbocycles. The SMILES string of the molecule is CN(C)CC(=O)N1CCNCC1C(N)=O. The average molecular weight is 214 g/mol. The van der Waals surface area contributed by atoms with Crippen molar-refractivity contribution in [2.24, 2.45) is 5.73 Å². The molecule has 0 bridgehead atoms. The van der Waals surface area contributed by atoms with E-state index in [2.05, 4.69) is 5.32 Å². The van der Waals surface area contributed by atoms with E-state index in [4.69, 9.17) is 5.73 Å². The highest BCUT2D eigenvalue weighted by Gasteiger charge is 2.30. The van der Waals surface area contributed by atoms with Gasteiger partial charge in [0.2, 0.25) is 11.8 Å². The molecular weight excluding hydrogens is 196 g/mol. The van der Waals surface area contributed by atoms with Gasteiger partial charge in [0, 0.05) is 19.6 Å². The molecule has 3 N–H and O–H groups in total. The van der Waals surface area contributed by atoms with E-state index in [0.29, 0.717) is 26.2 Å². The number of hydrogen-bond acceptors (Lipinski definition) is 4. The molecule has 15 heavy (non-hydrogen) atoms. The molecular formula is C9H18N4O2. The molecule has 0 aromatic heterocycles. The maximum atomic E-state index is 11.8. The van der Waals surface area contributed by atoms with Crippen molar-refractivity contribution < 1.29 is 9.59 Å². The van der Waals surface area contributed by atoms with E-state index in [1.165, 1.54) is 0 Å². The Morgan fingerprint density at radius 3 is 2.73 bits per heavy atom. The fourth-order valence-corrected chi connectivity index (χ4v) is 1.62. The van der Waals surface area contributed by atoms with Gasteiger partial charge in [-0.05, 0) is 14.1 Å². The zero-order valence-electron chi connectivity index (χ0n) is 9.19. The molecule has 6 heteroatoms. The van der Waals surface area contributed by atoms with Crippen LogP contribution in [0.15, 0.2) is 0 Å². The Bertz CT molecular complexity index is 254. The summed E-state index contributed by atoms with van der Waals surface area (Å²) in [6.07, 6.45) is 0. The molecule has 0 saturated carbocycles. The van der Waals surface area contributed by atoms with Crippen LogP contribution in [0.25, 0.3) is 0 Å². The van der Waals surface area contributed by atoms with E-state index in [-0.39, 0.29) is 5.91 Å². The third kappa shape index (κ3) is 3.17. The van der Waals surface area contributed by atoms with Gasteiger partial charge in [-0.25, -0.2) is 0 Å². The molecule has 1 rings (SSSR count). The van der Waals surface area contributed by atoms with Crippen LogP contribution in [0.5, 0.6) is 0 Å². The minimum atomic E-state index is -0.508. The first-order valence-electron chi connectivity index (χ1n) is 4.96. The van der Waals surface area contributed by atoms with Crippen molar-refractivity contribution in [2.45, 2.75) is 6.04 Å². The van der Waals surface area contributed by atoms with Crippen LogP contribution in [0.1, 0.15) is 0 Å². The topological polar surface area (TPSA) is 78.7 Å². The van der Waals surface area contributed by atoms with Crippen LogP contribution in [0.4, 0.5) is 0 Å². The molecule has 0 aromatic rings. The Balaban J connectivity index is 2.63. The highest BCUT2D eigenvalue weighted by Crippen LogP contribution is 2.03. The van der Waals surface area contributed by atoms with Crippen molar-refractivity contribution in [1.82, 2.24) is 15.1 Å². The number of likely N-dealkylation sites (N-methyl/N-ethyl adjacent to an activating group) is 1. The quantitative estimate of drug-likeness (QED) is 0.560. The van der Waals surface area contributed by atoms with E-state index < -0.39 is 11.9 Å². The fraction of sp³-hybridized carbons (Fsp3) is 0.778. The molecule has 1 fully saturated rings. The summed E-state index contributed by atoms with van der Waals surface area (Å²) < 4.78 is 0. The Hall–Kier alpha value is -1.14. The first kappa shape index (κ1) is 11.9. The first-order valence-corrected chi connectivity index (χ1v) is 4.96. The first-order chi connectivity index (χ1) is 7.02. The van der Waals surface area contributed by atoms with Crippen molar-refractivity contribution in [3.8, 4) is 0 Å². The van der Waals surface area contributed by atoms with Crippen LogP contribution >= 0.6 is 0 Å². The fourth-order valence-electron chi connectivity index (χ4n) is 1.62. The van der Waals surface area contributed by atoms with Crippen molar-refractivity contribution in [2.75, 3.05) is 40.3 Å². The Morgan fingerprint density at radius 2 is 2.20 bits per heavy atom. The number of carbonyl (C=O) groups is 2. The van der Waals surface area contributed by atoms with E-state index in [1.807, 2.05) is 14.1 Å². The number of nitrogens with two attached hydrogens (primary N) is 1. The number of hydrogen-bond donors (Lipinski definition) is 2. The average Bonchev–Trinajstić information content (AvgIpc) is 2.16.